The van der Waals surface area contributed by atoms with Gasteiger partial charge in [-0.1, -0.05) is 24.3 Å². The van der Waals surface area contributed by atoms with Gasteiger partial charge < -0.3 is 25.0 Å². The summed E-state index contributed by atoms with van der Waals surface area (Å²) in [6.45, 7) is 3.67. The molecular weight excluding hydrogens is 382 g/mol. The highest BCUT2D eigenvalue weighted by molar-refractivity contribution is 5.94. The topological polar surface area (TPSA) is 79.9 Å². The van der Waals surface area contributed by atoms with E-state index in [1.54, 1.807) is 19.0 Å². The molecule has 162 valence electrons. The fraction of sp³-hybridized carbons (Fsp3) is 0.391. The van der Waals surface area contributed by atoms with Crippen molar-refractivity contribution in [2.75, 3.05) is 51.1 Å². The molecule has 2 aromatic carbocycles. The van der Waals surface area contributed by atoms with Gasteiger partial charge in [0, 0.05) is 32.8 Å². The van der Waals surface area contributed by atoms with E-state index in [0.717, 1.165) is 11.3 Å². The first-order chi connectivity index (χ1) is 14.5. The van der Waals surface area contributed by atoms with Gasteiger partial charge in [-0.05, 0) is 43.2 Å². The number of carbonyl (C=O) groups is 2. The molecule has 2 N–H and O–H groups in total. The molecule has 0 saturated carbocycles. The molecular formula is C23H31N3O4. The van der Waals surface area contributed by atoms with E-state index in [1.165, 1.54) is 0 Å². The number of nitrogens with one attached hydrogen (secondary N) is 2. The fourth-order valence-electron chi connectivity index (χ4n) is 2.70. The van der Waals surface area contributed by atoms with Crippen LogP contribution in [-0.4, -0.2) is 57.2 Å². The Kier molecular flexibility index (Phi) is 9.67. The standard InChI is InChI=1S/C23H31N3O4/c1-4-29-15-16-30-21-8-6-5-7-20(21)24-17-22(27)25-19-12-9-18(10-13-19)11-14-23(28)26(2)3/h5-10,12-13,24H,4,11,14-17H2,1-3H3,(H,25,27). The molecule has 0 atom stereocenters. The number of amides is 2. The zero-order valence-electron chi connectivity index (χ0n) is 17.9. The van der Waals surface area contributed by atoms with E-state index < -0.39 is 0 Å². The Bertz CT molecular complexity index is 806. The van der Waals surface area contributed by atoms with E-state index in [1.807, 2.05) is 55.5 Å². The highest BCUT2D eigenvalue weighted by Crippen LogP contribution is 2.23. The largest absolute Gasteiger partial charge is 0.489 e. The minimum absolute atomic E-state index is 0.0978. The van der Waals surface area contributed by atoms with Gasteiger partial charge in [0.05, 0.1) is 18.8 Å². The third kappa shape index (κ3) is 8.13. The van der Waals surface area contributed by atoms with Crippen molar-refractivity contribution in [3.05, 3.63) is 54.1 Å². The normalized spacial score (nSPS) is 10.4. The summed E-state index contributed by atoms with van der Waals surface area (Å²) in [5.41, 5.74) is 2.52. The number of ether oxygens (including phenoxy) is 2. The van der Waals surface area contributed by atoms with E-state index in [4.69, 9.17) is 9.47 Å². The first kappa shape index (κ1) is 23.2. The molecule has 0 spiro atoms. The van der Waals surface area contributed by atoms with Crippen molar-refractivity contribution in [3.8, 4) is 5.75 Å². The summed E-state index contributed by atoms with van der Waals surface area (Å²) >= 11 is 0. The Morgan fingerprint density at radius 1 is 1.00 bits per heavy atom. The third-order valence-corrected chi connectivity index (χ3v) is 4.38. The predicted molar refractivity (Wildman–Crippen MR) is 119 cm³/mol. The van der Waals surface area contributed by atoms with Gasteiger partial charge in [-0.2, -0.15) is 0 Å². The molecule has 0 bridgehead atoms. The van der Waals surface area contributed by atoms with Gasteiger partial charge in [0.15, 0.2) is 0 Å². The Balaban J connectivity index is 1.80. The molecule has 0 aliphatic heterocycles. The molecule has 7 heteroatoms. The smallest absolute Gasteiger partial charge is 0.243 e. The van der Waals surface area contributed by atoms with Crippen LogP contribution >= 0.6 is 0 Å². The number of rotatable bonds is 12. The maximum absolute atomic E-state index is 12.3. The monoisotopic (exact) mass is 413 g/mol. The zero-order chi connectivity index (χ0) is 21.8. The Hall–Kier alpha value is -3.06. The van der Waals surface area contributed by atoms with Crippen LogP contribution < -0.4 is 15.4 Å². The molecule has 0 aliphatic rings. The van der Waals surface area contributed by atoms with Crippen molar-refractivity contribution in [3.63, 3.8) is 0 Å². The number of benzene rings is 2. The van der Waals surface area contributed by atoms with Crippen molar-refractivity contribution < 1.29 is 19.1 Å². The van der Waals surface area contributed by atoms with Crippen LogP contribution in [0.25, 0.3) is 0 Å². The number of nitrogens with zero attached hydrogens (tertiary/aromatic N) is 1. The summed E-state index contributed by atoms with van der Waals surface area (Å²) in [4.78, 5) is 25.5. The SMILES string of the molecule is CCOCCOc1ccccc1NCC(=O)Nc1ccc(CCC(=O)N(C)C)cc1. The average molecular weight is 414 g/mol. The van der Waals surface area contributed by atoms with Crippen LogP contribution in [0.4, 0.5) is 11.4 Å². The van der Waals surface area contributed by atoms with Gasteiger partial charge in [0.25, 0.3) is 0 Å². The average Bonchev–Trinajstić information content (AvgIpc) is 2.75. The highest BCUT2D eigenvalue weighted by Gasteiger charge is 2.07. The van der Waals surface area contributed by atoms with Crippen molar-refractivity contribution in [1.29, 1.82) is 0 Å². The van der Waals surface area contributed by atoms with E-state index in [0.29, 0.717) is 44.1 Å². The number of hydrogen-bond acceptors (Lipinski definition) is 5. The lowest BCUT2D eigenvalue weighted by atomic mass is 10.1. The summed E-state index contributed by atoms with van der Waals surface area (Å²) in [5, 5.41) is 5.97. The number of para-hydroxylation sites is 2. The molecule has 7 nitrogen and oxygen atoms in total. The van der Waals surface area contributed by atoms with Crippen LogP contribution in [0.2, 0.25) is 0 Å². The Labute approximate surface area is 178 Å². The van der Waals surface area contributed by atoms with Gasteiger partial charge in [-0.25, -0.2) is 0 Å². The van der Waals surface area contributed by atoms with Gasteiger partial charge >= 0.3 is 0 Å². The van der Waals surface area contributed by atoms with Gasteiger partial charge in [0.1, 0.15) is 12.4 Å². The second kappa shape index (κ2) is 12.5. The van der Waals surface area contributed by atoms with Crippen LogP contribution in [0.3, 0.4) is 0 Å². The van der Waals surface area contributed by atoms with Gasteiger partial charge in [0.2, 0.25) is 11.8 Å². The van der Waals surface area contributed by atoms with Crippen LogP contribution in [0.1, 0.15) is 18.9 Å². The van der Waals surface area contributed by atoms with E-state index in [9.17, 15) is 9.59 Å². The van der Waals surface area contributed by atoms with Gasteiger partial charge in [-0.3, -0.25) is 9.59 Å². The summed E-state index contributed by atoms with van der Waals surface area (Å²) in [7, 11) is 3.50. The molecule has 0 saturated heterocycles. The first-order valence-corrected chi connectivity index (χ1v) is 10.1. The Morgan fingerprint density at radius 2 is 1.73 bits per heavy atom. The highest BCUT2D eigenvalue weighted by atomic mass is 16.5. The molecule has 2 amide bonds. The number of aryl methyl sites for hydroxylation is 1. The van der Waals surface area contributed by atoms with Crippen LogP contribution in [0.5, 0.6) is 5.75 Å². The molecule has 0 fully saturated rings. The first-order valence-electron chi connectivity index (χ1n) is 10.1. The lowest BCUT2D eigenvalue weighted by Crippen LogP contribution is -2.22. The van der Waals surface area contributed by atoms with E-state index in [-0.39, 0.29) is 18.4 Å². The van der Waals surface area contributed by atoms with Crippen molar-refractivity contribution in [2.45, 2.75) is 19.8 Å². The van der Waals surface area contributed by atoms with Crippen molar-refractivity contribution in [1.82, 2.24) is 4.90 Å². The van der Waals surface area contributed by atoms with E-state index in [2.05, 4.69) is 10.6 Å². The van der Waals surface area contributed by atoms with Crippen LogP contribution in [0, 0.1) is 0 Å². The van der Waals surface area contributed by atoms with E-state index >= 15 is 0 Å². The molecule has 0 aromatic heterocycles. The van der Waals surface area contributed by atoms with Crippen molar-refractivity contribution >= 4 is 23.2 Å². The Morgan fingerprint density at radius 3 is 2.43 bits per heavy atom. The number of anilines is 2. The fourth-order valence-corrected chi connectivity index (χ4v) is 2.70. The third-order valence-electron chi connectivity index (χ3n) is 4.38. The second-order valence-corrected chi connectivity index (χ2v) is 6.93. The molecule has 0 unspecified atom stereocenters. The zero-order valence-corrected chi connectivity index (χ0v) is 17.9. The molecule has 0 radical (unpaired) electrons. The van der Waals surface area contributed by atoms with Gasteiger partial charge in [-0.15, -0.1) is 0 Å². The maximum Gasteiger partial charge on any atom is 0.243 e. The quantitative estimate of drug-likeness (QED) is 0.523. The minimum Gasteiger partial charge on any atom is -0.489 e. The lowest BCUT2D eigenvalue weighted by Gasteiger charge is -2.13. The summed E-state index contributed by atoms with van der Waals surface area (Å²) in [6.07, 6.45) is 1.14. The summed E-state index contributed by atoms with van der Waals surface area (Å²) in [5.74, 6) is 0.622. The van der Waals surface area contributed by atoms with Crippen LogP contribution in [-0.2, 0) is 20.7 Å². The molecule has 0 heterocycles. The molecule has 2 aromatic rings. The molecule has 0 aliphatic carbocycles. The maximum atomic E-state index is 12.3. The van der Waals surface area contributed by atoms with Crippen molar-refractivity contribution in [2.24, 2.45) is 0 Å². The van der Waals surface area contributed by atoms with Crippen LogP contribution in [0.15, 0.2) is 48.5 Å². The minimum atomic E-state index is -0.158. The molecule has 2 rings (SSSR count). The molecule has 30 heavy (non-hydrogen) atoms. The predicted octanol–water partition coefficient (Wildman–Crippen LogP) is 3.17. The number of carbonyl (C=O) groups excluding carboxylic acids is 2. The lowest BCUT2D eigenvalue weighted by molar-refractivity contribution is -0.128. The number of hydrogen-bond donors (Lipinski definition) is 2. The summed E-state index contributed by atoms with van der Waals surface area (Å²) in [6, 6.07) is 15.0. The second-order valence-electron chi connectivity index (χ2n) is 6.93. The summed E-state index contributed by atoms with van der Waals surface area (Å²) < 4.78 is 11.0.